The minimum Gasteiger partial charge on any atom is -0.390 e. The Bertz CT molecular complexity index is 355. The van der Waals surface area contributed by atoms with Gasteiger partial charge < -0.3 is 20.6 Å². The number of likely N-dealkylation sites (N-methyl/N-ethyl adjacent to an activating group) is 1. The van der Waals surface area contributed by atoms with E-state index in [2.05, 4.69) is 4.99 Å². The lowest BCUT2D eigenvalue weighted by molar-refractivity contribution is -0.0431. The van der Waals surface area contributed by atoms with E-state index in [1.54, 1.807) is 17.2 Å². The fourth-order valence-electron chi connectivity index (χ4n) is 2.16. The van der Waals surface area contributed by atoms with E-state index < -0.39 is 11.8 Å². The third kappa shape index (κ3) is 2.28. The number of halogens is 1. The number of piperidine rings is 1. The summed E-state index contributed by atoms with van der Waals surface area (Å²) in [6.45, 7) is 2.14. The van der Waals surface area contributed by atoms with E-state index in [9.17, 15) is 9.50 Å². The average molecular weight is 242 g/mol. The standard InChI is InChI=1S/C11H19FN4O/c1-11(12)7-16(6-4-8(11)17)10-14-5-3-9(13)15(10)2/h3,5,8-9,17H,4,6-7,13H2,1-2H3/t8-,9?,11-/m0/s1. The molecule has 2 rings (SSSR count). The first-order chi connectivity index (χ1) is 7.92. The van der Waals surface area contributed by atoms with Gasteiger partial charge in [-0.1, -0.05) is 0 Å². The molecule has 0 saturated carbocycles. The molecule has 1 unspecified atom stereocenters. The minimum atomic E-state index is -1.60. The summed E-state index contributed by atoms with van der Waals surface area (Å²) < 4.78 is 14.1. The predicted molar refractivity (Wildman–Crippen MR) is 64.0 cm³/mol. The first-order valence-corrected chi connectivity index (χ1v) is 5.76. The van der Waals surface area contributed by atoms with Crippen LogP contribution in [0.1, 0.15) is 13.3 Å². The number of guanidine groups is 1. The summed E-state index contributed by atoms with van der Waals surface area (Å²) in [5, 5.41) is 9.58. The lowest BCUT2D eigenvalue weighted by Crippen LogP contribution is -2.59. The molecule has 96 valence electrons. The monoisotopic (exact) mass is 242 g/mol. The second-order valence-corrected chi connectivity index (χ2v) is 4.88. The van der Waals surface area contributed by atoms with Crippen molar-refractivity contribution in [2.75, 3.05) is 20.1 Å². The SMILES string of the molecule is CN1C(N2CC[C@H](O)[C@@](C)(F)C2)=NC=CC1N. The summed E-state index contributed by atoms with van der Waals surface area (Å²) in [6, 6.07) is 0. The number of rotatable bonds is 0. The first kappa shape index (κ1) is 12.3. The molecule has 1 fully saturated rings. The lowest BCUT2D eigenvalue weighted by atomic mass is 9.93. The largest absolute Gasteiger partial charge is 0.390 e. The van der Waals surface area contributed by atoms with Gasteiger partial charge in [0.2, 0.25) is 5.96 Å². The summed E-state index contributed by atoms with van der Waals surface area (Å²) >= 11 is 0. The van der Waals surface area contributed by atoms with Gasteiger partial charge in [0.25, 0.3) is 0 Å². The highest BCUT2D eigenvalue weighted by Crippen LogP contribution is 2.26. The minimum absolute atomic E-state index is 0.137. The van der Waals surface area contributed by atoms with E-state index >= 15 is 0 Å². The van der Waals surface area contributed by atoms with Crippen molar-refractivity contribution in [2.45, 2.75) is 31.3 Å². The quantitative estimate of drug-likeness (QED) is 0.621. The highest BCUT2D eigenvalue weighted by Gasteiger charge is 2.40. The van der Waals surface area contributed by atoms with Gasteiger partial charge in [-0.15, -0.1) is 0 Å². The number of likely N-dealkylation sites (tertiary alicyclic amines) is 1. The zero-order valence-electron chi connectivity index (χ0n) is 10.2. The normalized spacial score (nSPS) is 38.3. The molecule has 6 heteroatoms. The highest BCUT2D eigenvalue weighted by atomic mass is 19.1. The number of aliphatic imine (C=N–C) groups is 1. The molecule has 2 aliphatic heterocycles. The maximum absolute atomic E-state index is 14.1. The molecule has 0 aliphatic carbocycles. The average Bonchev–Trinajstić information content (AvgIpc) is 2.26. The lowest BCUT2D eigenvalue weighted by Gasteiger charge is -2.43. The van der Waals surface area contributed by atoms with Crippen molar-refractivity contribution in [2.24, 2.45) is 10.7 Å². The second kappa shape index (κ2) is 4.27. The smallest absolute Gasteiger partial charge is 0.202 e. The molecule has 5 nitrogen and oxygen atoms in total. The van der Waals surface area contributed by atoms with Gasteiger partial charge in [-0.05, 0) is 19.4 Å². The fraction of sp³-hybridized carbons (Fsp3) is 0.727. The van der Waals surface area contributed by atoms with Crippen molar-refractivity contribution < 1.29 is 9.50 Å². The van der Waals surface area contributed by atoms with Crippen molar-refractivity contribution in [3.63, 3.8) is 0 Å². The van der Waals surface area contributed by atoms with Crippen LogP contribution in [-0.2, 0) is 0 Å². The van der Waals surface area contributed by atoms with Crippen LogP contribution in [0.3, 0.4) is 0 Å². The third-order valence-electron chi connectivity index (χ3n) is 3.39. The van der Waals surface area contributed by atoms with E-state index in [0.29, 0.717) is 18.9 Å². The van der Waals surface area contributed by atoms with E-state index in [1.807, 2.05) is 11.9 Å². The van der Waals surface area contributed by atoms with Crippen LogP contribution >= 0.6 is 0 Å². The molecule has 0 aromatic carbocycles. The predicted octanol–water partition coefficient (Wildman–Crippen LogP) is -0.119. The Morgan fingerprint density at radius 3 is 3.00 bits per heavy atom. The molecular weight excluding hydrogens is 223 g/mol. The molecular formula is C11H19FN4O. The van der Waals surface area contributed by atoms with Gasteiger partial charge in [-0.3, -0.25) is 0 Å². The van der Waals surface area contributed by atoms with Gasteiger partial charge in [-0.2, -0.15) is 0 Å². The van der Waals surface area contributed by atoms with E-state index in [4.69, 9.17) is 5.73 Å². The van der Waals surface area contributed by atoms with Crippen LogP contribution in [0.5, 0.6) is 0 Å². The number of alkyl halides is 1. The summed E-state index contributed by atoms with van der Waals surface area (Å²) in [5.74, 6) is 0.663. The van der Waals surface area contributed by atoms with Gasteiger partial charge in [0, 0.05) is 19.8 Å². The molecule has 0 amide bonds. The summed E-state index contributed by atoms with van der Waals surface area (Å²) in [6.07, 6.45) is 2.67. The van der Waals surface area contributed by atoms with Crippen LogP contribution in [0, 0.1) is 0 Å². The Morgan fingerprint density at radius 1 is 1.65 bits per heavy atom. The first-order valence-electron chi connectivity index (χ1n) is 5.76. The van der Waals surface area contributed by atoms with Crippen molar-refractivity contribution >= 4 is 5.96 Å². The molecule has 3 atom stereocenters. The fourth-order valence-corrected chi connectivity index (χ4v) is 2.16. The highest BCUT2D eigenvalue weighted by molar-refractivity contribution is 5.82. The molecule has 0 aromatic heterocycles. The molecule has 0 bridgehead atoms. The number of aliphatic hydroxyl groups is 1. The van der Waals surface area contributed by atoms with E-state index in [-0.39, 0.29) is 12.7 Å². The molecule has 0 radical (unpaired) electrons. The zero-order chi connectivity index (χ0) is 12.6. The van der Waals surface area contributed by atoms with Gasteiger partial charge in [0.1, 0.15) is 6.17 Å². The second-order valence-electron chi connectivity index (χ2n) is 4.88. The van der Waals surface area contributed by atoms with Gasteiger partial charge in [-0.25, -0.2) is 9.38 Å². The summed E-state index contributed by atoms with van der Waals surface area (Å²) in [4.78, 5) is 7.86. The summed E-state index contributed by atoms with van der Waals surface area (Å²) in [7, 11) is 1.83. The number of nitrogens with two attached hydrogens (primary N) is 1. The van der Waals surface area contributed by atoms with Crippen molar-refractivity contribution in [1.29, 1.82) is 0 Å². The van der Waals surface area contributed by atoms with Crippen molar-refractivity contribution in [3.8, 4) is 0 Å². The Hall–Kier alpha value is -1.14. The number of nitrogens with zero attached hydrogens (tertiary/aromatic N) is 3. The Balaban J connectivity index is 2.14. The summed E-state index contributed by atoms with van der Waals surface area (Å²) in [5.41, 5.74) is 4.25. The molecule has 1 saturated heterocycles. The topological polar surface area (TPSA) is 65.1 Å². The maximum Gasteiger partial charge on any atom is 0.202 e. The number of hydrogen-bond acceptors (Lipinski definition) is 5. The molecule has 0 spiro atoms. The van der Waals surface area contributed by atoms with Crippen LogP contribution in [0.4, 0.5) is 4.39 Å². The van der Waals surface area contributed by atoms with Crippen molar-refractivity contribution in [3.05, 3.63) is 12.3 Å². The molecule has 2 aliphatic rings. The van der Waals surface area contributed by atoms with Crippen LogP contribution in [-0.4, -0.2) is 58.9 Å². The Morgan fingerprint density at radius 2 is 2.35 bits per heavy atom. The van der Waals surface area contributed by atoms with Gasteiger partial charge in [0.05, 0.1) is 12.6 Å². The van der Waals surface area contributed by atoms with E-state index in [0.717, 1.165) is 0 Å². The van der Waals surface area contributed by atoms with Crippen LogP contribution in [0.2, 0.25) is 0 Å². The van der Waals surface area contributed by atoms with Crippen LogP contribution in [0.25, 0.3) is 0 Å². The Labute approximate surface area is 100 Å². The molecule has 17 heavy (non-hydrogen) atoms. The zero-order valence-corrected chi connectivity index (χ0v) is 10.2. The van der Waals surface area contributed by atoms with Crippen LogP contribution in [0.15, 0.2) is 17.3 Å². The number of aliphatic hydroxyl groups excluding tert-OH is 1. The van der Waals surface area contributed by atoms with E-state index in [1.165, 1.54) is 6.92 Å². The number of hydrogen-bond donors (Lipinski definition) is 2. The maximum atomic E-state index is 14.1. The third-order valence-corrected chi connectivity index (χ3v) is 3.39. The van der Waals surface area contributed by atoms with Gasteiger partial charge in [0.15, 0.2) is 5.67 Å². The van der Waals surface area contributed by atoms with Crippen LogP contribution < -0.4 is 5.73 Å². The molecule has 0 aromatic rings. The molecule has 3 N–H and O–H groups in total. The van der Waals surface area contributed by atoms with Gasteiger partial charge >= 0.3 is 0 Å². The van der Waals surface area contributed by atoms with Crippen molar-refractivity contribution in [1.82, 2.24) is 9.80 Å². The molecule has 2 heterocycles. The Kier molecular flexibility index (Phi) is 3.09.